The van der Waals surface area contributed by atoms with E-state index in [2.05, 4.69) is 15.9 Å². The van der Waals surface area contributed by atoms with Gasteiger partial charge in [0.05, 0.1) is 22.6 Å². The van der Waals surface area contributed by atoms with Gasteiger partial charge >= 0.3 is 5.97 Å². The molecule has 0 saturated carbocycles. The fraction of sp³-hybridized carbons (Fsp3) is 0.476. The van der Waals surface area contributed by atoms with Crippen LogP contribution in [0.15, 0.2) is 21.5 Å². The molecule has 0 aliphatic carbocycles. The molecular formula is C21H26BrNO5S2. The first-order valence-electron chi connectivity index (χ1n) is 9.93. The summed E-state index contributed by atoms with van der Waals surface area (Å²) in [6.07, 6.45) is 4.90. The quantitative estimate of drug-likeness (QED) is 0.224. The molecule has 1 aliphatic heterocycles. The third-order valence-corrected chi connectivity index (χ3v) is 6.19. The standard InChI is InChI=1S/C21H26BrNO5S2/c1-3-10-28-19-15(22)11-14(12-16(19)27-4-2)13-17-20(26)23(21(29)30-17)9-7-5-6-8-18(24)25/h11-13H,3-10H2,1-2H3,(H,24,25)/b17-13-. The van der Waals surface area contributed by atoms with Gasteiger partial charge in [0.25, 0.3) is 5.91 Å². The van der Waals surface area contributed by atoms with Gasteiger partial charge in [-0.15, -0.1) is 0 Å². The van der Waals surface area contributed by atoms with Crippen LogP contribution in [0.2, 0.25) is 0 Å². The van der Waals surface area contributed by atoms with Gasteiger partial charge in [-0.3, -0.25) is 14.5 Å². The minimum atomic E-state index is -0.799. The average molecular weight is 516 g/mol. The lowest BCUT2D eigenvalue weighted by Crippen LogP contribution is -2.29. The van der Waals surface area contributed by atoms with Gasteiger partial charge in [0.1, 0.15) is 4.32 Å². The predicted molar refractivity (Wildman–Crippen MR) is 127 cm³/mol. The van der Waals surface area contributed by atoms with E-state index >= 15 is 0 Å². The van der Waals surface area contributed by atoms with Crippen molar-refractivity contribution in [1.29, 1.82) is 0 Å². The van der Waals surface area contributed by atoms with Crippen molar-refractivity contribution in [2.45, 2.75) is 46.0 Å². The number of carboxylic acids is 1. The maximum Gasteiger partial charge on any atom is 0.303 e. The van der Waals surface area contributed by atoms with E-state index in [1.165, 1.54) is 11.8 Å². The number of hydrogen-bond donors (Lipinski definition) is 1. The smallest absolute Gasteiger partial charge is 0.303 e. The first-order valence-corrected chi connectivity index (χ1v) is 11.9. The molecule has 1 aromatic rings. The van der Waals surface area contributed by atoms with Crippen LogP contribution in [0.4, 0.5) is 0 Å². The second kappa shape index (κ2) is 12.3. The molecule has 0 bridgehead atoms. The topological polar surface area (TPSA) is 76.1 Å². The van der Waals surface area contributed by atoms with Crippen LogP contribution in [0, 0.1) is 0 Å². The highest BCUT2D eigenvalue weighted by molar-refractivity contribution is 9.10. The lowest BCUT2D eigenvalue weighted by atomic mass is 10.1. The zero-order valence-electron chi connectivity index (χ0n) is 17.1. The molecule has 0 aromatic heterocycles. The van der Waals surface area contributed by atoms with Gasteiger partial charge in [-0.1, -0.05) is 37.3 Å². The number of carbonyl (C=O) groups is 2. The molecular weight excluding hydrogens is 490 g/mol. The van der Waals surface area contributed by atoms with Crippen molar-refractivity contribution in [3.8, 4) is 11.5 Å². The third kappa shape index (κ3) is 6.99. The van der Waals surface area contributed by atoms with E-state index in [1.54, 1.807) is 11.0 Å². The van der Waals surface area contributed by atoms with Gasteiger partial charge in [0, 0.05) is 13.0 Å². The molecule has 0 unspecified atom stereocenters. The van der Waals surface area contributed by atoms with Gasteiger partial charge in [-0.05, 0) is 65.9 Å². The molecule has 1 amide bonds. The molecule has 1 aliphatic rings. The Kier molecular flexibility index (Phi) is 10.1. The van der Waals surface area contributed by atoms with E-state index in [0.717, 1.165) is 29.3 Å². The van der Waals surface area contributed by atoms with Gasteiger partial charge in [-0.2, -0.15) is 0 Å². The Bertz CT molecular complexity index is 828. The number of benzene rings is 1. The van der Waals surface area contributed by atoms with Crippen molar-refractivity contribution >= 4 is 62.2 Å². The number of hydrogen-bond acceptors (Lipinski definition) is 6. The summed E-state index contributed by atoms with van der Waals surface area (Å²) in [5, 5.41) is 8.70. The first-order chi connectivity index (χ1) is 14.4. The molecule has 1 N–H and O–H groups in total. The summed E-state index contributed by atoms with van der Waals surface area (Å²) in [7, 11) is 0. The summed E-state index contributed by atoms with van der Waals surface area (Å²) >= 11 is 10.2. The maximum atomic E-state index is 12.8. The second-order valence-electron chi connectivity index (χ2n) is 6.65. The normalized spacial score (nSPS) is 15.2. The number of carbonyl (C=O) groups excluding carboxylic acids is 1. The number of ether oxygens (including phenoxy) is 2. The molecule has 0 spiro atoms. The van der Waals surface area contributed by atoms with Gasteiger partial charge < -0.3 is 14.6 Å². The Balaban J connectivity index is 2.11. The third-order valence-electron chi connectivity index (χ3n) is 4.23. The van der Waals surface area contributed by atoms with Crippen molar-refractivity contribution in [2.24, 2.45) is 0 Å². The number of amides is 1. The molecule has 1 saturated heterocycles. The predicted octanol–water partition coefficient (Wildman–Crippen LogP) is 5.48. The van der Waals surface area contributed by atoms with Crippen LogP contribution in [0.3, 0.4) is 0 Å². The van der Waals surface area contributed by atoms with E-state index in [1.807, 2.05) is 26.0 Å². The number of thiocarbonyl (C=S) groups is 1. The highest BCUT2D eigenvalue weighted by atomic mass is 79.9. The average Bonchev–Trinajstić information content (AvgIpc) is 2.94. The monoisotopic (exact) mass is 515 g/mol. The Hall–Kier alpha value is -1.58. The van der Waals surface area contributed by atoms with Crippen molar-refractivity contribution in [3.63, 3.8) is 0 Å². The summed E-state index contributed by atoms with van der Waals surface area (Å²) in [6, 6.07) is 3.75. The molecule has 2 rings (SSSR count). The zero-order valence-corrected chi connectivity index (χ0v) is 20.3. The van der Waals surface area contributed by atoms with Crippen molar-refractivity contribution in [3.05, 3.63) is 27.1 Å². The minimum absolute atomic E-state index is 0.122. The number of aliphatic carboxylic acids is 1. The summed E-state index contributed by atoms with van der Waals surface area (Å²) in [5.41, 5.74) is 0.816. The fourth-order valence-corrected chi connectivity index (χ4v) is 4.73. The largest absolute Gasteiger partial charge is 0.490 e. The lowest BCUT2D eigenvalue weighted by Gasteiger charge is -2.14. The molecule has 30 heavy (non-hydrogen) atoms. The molecule has 1 heterocycles. The van der Waals surface area contributed by atoms with Crippen LogP contribution in [-0.4, -0.2) is 46.0 Å². The maximum absolute atomic E-state index is 12.8. The molecule has 0 radical (unpaired) electrons. The Morgan fingerprint density at radius 3 is 2.70 bits per heavy atom. The van der Waals surface area contributed by atoms with Crippen molar-refractivity contribution in [2.75, 3.05) is 19.8 Å². The number of unbranched alkanes of at least 4 members (excludes halogenated alkanes) is 2. The highest BCUT2D eigenvalue weighted by Crippen LogP contribution is 2.39. The van der Waals surface area contributed by atoms with E-state index < -0.39 is 5.97 Å². The molecule has 1 aromatic carbocycles. The number of rotatable bonds is 12. The summed E-state index contributed by atoms with van der Waals surface area (Å²) in [4.78, 5) is 25.5. The van der Waals surface area contributed by atoms with Crippen molar-refractivity contribution in [1.82, 2.24) is 4.90 Å². The summed E-state index contributed by atoms with van der Waals surface area (Å²) in [5.74, 6) is 0.362. The first kappa shape index (κ1) is 24.7. The number of nitrogens with zero attached hydrogens (tertiary/aromatic N) is 1. The van der Waals surface area contributed by atoms with Gasteiger partial charge in [-0.25, -0.2) is 0 Å². The molecule has 164 valence electrons. The van der Waals surface area contributed by atoms with Crippen LogP contribution in [0.5, 0.6) is 11.5 Å². The molecule has 1 fully saturated rings. The van der Waals surface area contributed by atoms with Crippen LogP contribution in [-0.2, 0) is 9.59 Å². The van der Waals surface area contributed by atoms with E-state index in [-0.39, 0.29) is 12.3 Å². The minimum Gasteiger partial charge on any atom is -0.490 e. The van der Waals surface area contributed by atoms with E-state index in [9.17, 15) is 9.59 Å². The summed E-state index contributed by atoms with van der Waals surface area (Å²) in [6.45, 7) is 5.54. The van der Waals surface area contributed by atoms with Gasteiger partial charge in [0.2, 0.25) is 0 Å². The SMILES string of the molecule is CCCOc1c(Br)cc(/C=C2\SC(=S)N(CCCCCC(=O)O)C2=O)cc1OCC. The molecule has 6 nitrogen and oxygen atoms in total. The van der Waals surface area contributed by atoms with Crippen LogP contribution < -0.4 is 9.47 Å². The fourth-order valence-electron chi connectivity index (χ4n) is 2.85. The van der Waals surface area contributed by atoms with E-state index in [0.29, 0.717) is 46.9 Å². The number of thioether (sulfide) groups is 1. The Labute approximate surface area is 195 Å². The lowest BCUT2D eigenvalue weighted by molar-refractivity contribution is -0.137. The summed E-state index contributed by atoms with van der Waals surface area (Å²) < 4.78 is 12.8. The molecule has 0 atom stereocenters. The van der Waals surface area contributed by atoms with Gasteiger partial charge in [0.15, 0.2) is 11.5 Å². The Morgan fingerprint density at radius 1 is 1.27 bits per heavy atom. The van der Waals surface area contributed by atoms with Crippen molar-refractivity contribution < 1.29 is 24.2 Å². The van der Waals surface area contributed by atoms with Crippen LogP contribution >= 0.6 is 39.9 Å². The van der Waals surface area contributed by atoms with E-state index in [4.69, 9.17) is 26.8 Å². The Morgan fingerprint density at radius 2 is 2.03 bits per heavy atom. The number of carboxylic acid groups (broad SMARTS) is 1. The second-order valence-corrected chi connectivity index (χ2v) is 9.18. The van der Waals surface area contributed by atoms with Crippen LogP contribution in [0.25, 0.3) is 6.08 Å². The number of halogens is 1. The molecule has 9 heteroatoms. The zero-order chi connectivity index (χ0) is 22.1. The van der Waals surface area contributed by atoms with Crippen LogP contribution in [0.1, 0.15) is 51.5 Å². The highest BCUT2D eigenvalue weighted by Gasteiger charge is 2.31.